The molecule has 0 fully saturated rings. The van der Waals surface area contributed by atoms with Gasteiger partial charge in [-0.05, 0) is 25.0 Å². The van der Waals surface area contributed by atoms with E-state index in [0.29, 0.717) is 22.5 Å². The van der Waals surface area contributed by atoms with Crippen LogP contribution < -0.4 is 5.32 Å². The molecule has 12 heteroatoms. The zero-order valence-electron chi connectivity index (χ0n) is 19.3. The van der Waals surface area contributed by atoms with Gasteiger partial charge in [0.2, 0.25) is 0 Å². The van der Waals surface area contributed by atoms with Gasteiger partial charge in [-0.3, -0.25) is 10.1 Å². The van der Waals surface area contributed by atoms with E-state index in [2.05, 4.69) is 15.5 Å². The summed E-state index contributed by atoms with van der Waals surface area (Å²) in [5, 5.41) is 28.1. The summed E-state index contributed by atoms with van der Waals surface area (Å²) in [6.07, 6.45) is 0. The highest BCUT2D eigenvalue weighted by Crippen LogP contribution is 2.43. The predicted octanol–water partition coefficient (Wildman–Crippen LogP) is 3.57. The van der Waals surface area contributed by atoms with E-state index in [1.807, 2.05) is 0 Å². The summed E-state index contributed by atoms with van der Waals surface area (Å²) < 4.78 is 30.8. The van der Waals surface area contributed by atoms with Gasteiger partial charge in [-0.25, -0.2) is 13.2 Å². The summed E-state index contributed by atoms with van der Waals surface area (Å²) in [5.74, 6) is -3.05. The van der Waals surface area contributed by atoms with Gasteiger partial charge in [0, 0.05) is 29.1 Å². The lowest BCUT2D eigenvalue weighted by atomic mass is 9.80. The molecule has 1 aliphatic heterocycles. The van der Waals surface area contributed by atoms with Crippen LogP contribution in [0.25, 0.3) is 5.57 Å². The molecule has 0 amide bonds. The van der Waals surface area contributed by atoms with E-state index in [9.17, 15) is 28.4 Å². The molecule has 0 aliphatic carbocycles. The smallest absolute Gasteiger partial charge is 0.334 e. The number of benzene rings is 2. The van der Waals surface area contributed by atoms with Gasteiger partial charge >= 0.3 is 5.97 Å². The number of rotatable bonds is 8. The molecule has 2 N–H and O–H groups in total. The van der Waals surface area contributed by atoms with Crippen LogP contribution in [0.2, 0.25) is 0 Å². The molecule has 36 heavy (non-hydrogen) atoms. The monoisotopic (exact) mass is 510 g/mol. The van der Waals surface area contributed by atoms with Crippen molar-refractivity contribution in [1.82, 2.24) is 15.5 Å². The summed E-state index contributed by atoms with van der Waals surface area (Å²) in [5.41, 5.74) is 1.85. The topological polar surface area (TPSA) is 166 Å². The van der Waals surface area contributed by atoms with E-state index in [1.54, 1.807) is 50.2 Å². The fraction of sp³-hybridized carbons (Fsp3) is 0.208. The number of hydrogen-bond donors (Lipinski definition) is 2. The number of nitrogens with zero attached hydrogens (tertiary/aromatic N) is 3. The third-order valence-electron chi connectivity index (χ3n) is 5.68. The number of nitrogens with one attached hydrogen (secondary N) is 1. The van der Waals surface area contributed by atoms with Gasteiger partial charge < -0.3 is 14.9 Å². The first-order valence-electron chi connectivity index (χ1n) is 10.8. The van der Waals surface area contributed by atoms with Crippen LogP contribution in [0.4, 0.5) is 5.69 Å². The zero-order chi connectivity index (χ0) is 26.0. The molecule has 11 nitrogen and oxygen atoms in total. The van der Waals surface area contributed by atoms with Gasteiger partial charge in [-0.1, -0.05) is 47.6 Å². The first-order valence-corrected chi connectivity index (χ1v) is 12.6. The number of sulfone groups is 1. The van der Waals surface area contributed by atoms with Crippen LogP contribution in [0.5, 0.6) is 0 Å². The molecular weight excluding hydrogens is 488 g/mol. The molecular formula is C24H22N4O7S. The van der Waals surface area contributed by atoms with Gasteiger partial charge in [0.1, 0.15) is 5.75 Å². The van der Waals surface area contributed by atoms with E-state index in [4.69, 9.17) is 4.52 Å². The Morgan fingerprint density at radius 1 is 1.11 bits per heavy atom. The maximum atomic E-state index is 12.7. The molecule has 0 saturated heterocycles. The third-order valence-corrected chi connectivity index (χ3v) is 7.15. The maximum absolute atomic E-state index is 12.7. The summed E-state index contributed by atoms with van der Waals surface area (Å²) in [7, 11) is -3.63. The highest BCUT2D eigenvalue weighted by molar-refractivity contribution is 7.89. The quantitative estimate of drug-likeness (QED) is 0.338. The Kier molecular flexibility index (Phi) is 6.71. The number of carbonyl (C=O) groups is 1. The Morgan fingerprint density at radius 3 is 2.50 bits per heavy atom. The number of aliphatic carboxylic acids is 1. The van der Waals surface area contributed by atoms with Crippen LogP contribution in [-0.4, -0.2) is 34.6 Å². The van der Waals surface area contributed by atoms with Crippen molar-refractivity contribution >= 4 is 27.1 Å². The molecule has 3 aromatic rings. The lowest BCUT2D eigenvalue weighted by Gasteiger charge is -2.29. The standard InChI is InChI=1S/C24H22N4O7S/c1-14-20(23-26-19(27-35-23)13-36(33,34)12-16-7-4-3-5-8-16)22(21(24(29)30)15(2)25-14)17-9-6-10-18(11-17)28(31)32/h3-11,22,25H,12-13H2,1-2H3,(H,29,30). The van der Waals surface area contributed by atoms with Crippen LogP contribution in [0.15, 0.2) is 76.1 Å². The van der Waals surface area contributed by atoms with Crippen molar-refractivity contribution in [2.24, 2.45) is 0 Å². The SMILES string of the molecule is CC1=C(C(=O)O)C(c2cccc([N+](=O)[O-])c2)C(c2nc(CS(=O)(=O)Cc3ccccc3)no2)=C(C)N1. The minimum atomic E-state index is -3.63. The third kappa shape index (κ3) is 5.18. The Labute approximate surface area is 206 Å². The Balaban J connectivity index is 1.73. The summed E-state index contributed by atoms with van der Waals surface area (Å²) in [6, 6.07) is 14.3. The predicted molar refractivity (Wildman–Crippen MR) is 129 cm³/mol. The van der Waals surface area contributed by atoms with E-state index >= 15 is 0 Å². The van der Waals surface area contributed by atoms with Crippen LogP contribution >= 0.6 is 0 Å². The summed E-state index contributed by atoms with van der Waals surface area (Å²) >= 11 is 0. The number of nitro groups is 1. The van der Waals surface area contributed by atoms with Crippen molar-refractivity contribution in [2.45, 2.75) is 31.3 Å². The number of nitro benzene ring substituents is 1. The second-order valence-corrected chi connectivity index (χ2v) is 10.4. The second kappa shape index (κ2) is 9.74. The number of allylic oxidation sites excluding steroid dienone is 3. The molecule has 1 aliphatic rings. The molecule has 1 atom stereocenters. The summed E-state index contributed by atoms with van der Waals surface area (Å²) in [4.78, 5) is 27.3. The molecule has 0 radical (unpaired) electrons. The molecule has 2 aromatic carbocycles. The molecule has 0 saturated carbocycles. The highest BCUT2D eigenvalue weighted by Gasteiger charge is 2.37. The maximum Gasteiger partial charge on any atom is 0.334 e. The minimum Gasteiger partial charge on any atom is -0.478 e. The number of hydrogen-bond acceptors (Lipinski definition) is 9. The van der Waals surface area contributed by atoms with E-state index in [-0.39, 0.29) is 34.3 Å². The second-order valence-electron chi connectivity index (χ2n) is 8.33. The van der Waals surface area contributed by atoms with E-state index in [1.165, 1.54) is 18.2 Å². The van der Waals surface area contributed by atoms with E-state index < -0.39 is 32.4 Å². The largest absolute Gasteiger partial charge is 0.478 e. The number of carboxylic acids is 1. The fourth-order valence-corrected chi connectivity index (χ4v) is 5.52. The number of carboxylic acid groups (broad SMARTS) is 1. The molecule has 2 heterocycles. The van der Waals surface area contributed by atoms with E-state index in [0.717, 1.165) is 0 Å². The average molecular weight is 511 g/mol. The van der Waals surface area contributed by atoms with Crippen LogP contribution in [0.3, 0.4) is 0 Å². The van der Waals surface area contributed by atoms with Gasteiger partial charge in [0.25, 0.3) is 11.6 Å². The molecule has 1 unspecified atom stereocenters. The van der Waals surface area contributed by atoms with Crippen molar-refractivity contribution in [1.29, 1.82) is 0 Å². The molecule has 1 aromatic heterocycles. The van der Waals surface area contributed by atoms with Crippen molar-refractivity contribution in [3.63, 3.8) is 0 Å². The van der Waals surface area contributed by atoms with Crippen LogP contribution in [-0.2, 0) is 26.1 Å². The van der Waals surface area contributed by atoms with Crippen LogP contribution in [0.1, 0.15) is 42.6 Å². The lowest BCUT2D eigenvalue weighted by molar-refractivity contribution is -0.384. The van der Waals surface area contributed by atoms with Crippen LogP contribution in [0, 0.1) is 10.1 Å². The summed E-state index contributed by atoms with van der Waals surface area (Å²) in [6.45, 7) is 3.27. The number of aromatic nitrogens is 2. The molecule has 0 bridgehead atoms. The molecule has 186 valence electrons. The van der Waals surface area contributed by atoms with Gasteiger partial charge in [-0.15, -0.1) is 0 Å². The average Bonchev–Trinajstić information content (AvgIpc) is 3.25. The first-order chi connectivity index (χ1) is 17.1. The van der Waals surface area contributed by atoms with Crippen molar-refractivity contribution in [3.05, 3.63) is 105 Å². The normalized spacial score (nSPS) is 16.1. The highest BCUT2D eigenvalue weighted by atomic mass is 32.2. The van der Waals surface area contributed by atoms with Crippen molar-refractivity contribution in [2.75, 3.05) is 0 Å². The van der Waals surface area contributed by atoms with Gasteiger partial charge in [0.15, 0.2) is 15.7 Å². The van der Waals surface area contributed by atoms with Crippen molar-refractivity contribution in [3.8, 4) is 0 Å². The Morgan fingerprint density at radius 2 is 1.83 bits per heavy atom. The lowest BCUT2D eigenvalue weighted by Crippen LogP contribution is -2.27. The zero-order valence-corrected chi connectivity index (χ0v) is 20.2. The molecule has 0 spiro atoms. The number of non-ortho nitro benzene ring substituents is 1. The Hall–Kier alpha value is -4.32. The fourth-order valence-electron chi connectivity index (χ4n) is 4.21. The van der Waals surface area contributed by atoms with Gasteiger partial charge in [0.05, 0.1) is 22.2 Å². The van der Waals surface area contributed by atoms with Gasteiger partial charge in [-0.2, -0.15) is 4.98 Å². The first kappa shape index (κ1) is 24.8. The molecule has 4 rings (SSSR count). The van der Waals surface area contributed by atoms with Crippen molar-refractivity contribution < 1.29 is 27.8 Å². The Bertz CT molecular complexity index is 1510. The number of dihydropyridines is 1. The minimum absolute atomic E-state index is 0.0486.